The number of hydrogen-bond acceptors (Lipinski definition) is 5. The first-order valence-corrected chi connectivity index (χ1v) is 10.4. The Morgan fingerprint density at radius 1 is 1.12 bits per heavy atom. The summed E-state index contributed by atoms with van der Waals surface area (Å²) in [5.74, 6) is -0.592. The molecule has 0 bridgehead atoms. The second-order valence-electron chi connectivity index (χ2n) is 7.75. The summed E-state index contributed by atoms with van der Waals surface area (Å²) in [6.07, 6.45) is 0.598. The molecule has 3 heterocycles. The molecule has 0 radical (unpaired) electrons. The maximum Gasteiger partial charge on any atom is 0.317 e. The maximum absolute atomic E-state index is 14.1. The van der Waals surface area contributed by atoms with Gasteiger partial charge in [0.15, 0.2) is 5.69 Å². The summed E-state index contributed by atoms with van der Waals surface area (Å²) in [4.78, 5) is 14.4. The summed E-state index contributed by atoms with van der Waals surface area (Å²) in [6.45, 7) is 1.02. The zero-order valence-electron chi connectivity index (χ0n) is 17.8. The smallest absolute Gasteiger partial charge is 0.317 e. The van der Waals surface area contributed by atoms with Gasteiger partial charge in [0, 0.05) is 37.8 Å². The van der Waals surface area contributed by atoms with Gasteiger partial charge in [-0.05, 0) is 29.8 Å². The summed E-state index contributed by atoms with van der Waals surface area (Å²) in [5, 5.41) is 15.4. The molecule has 0 spiro atoms. The average molecular weight is 450 g/mol. The first kappa shape index (κ1) is 20.8. The molecular formula is C23H20F2N6O2. The van der Waals surface area contributed by atoms with E-state index >= 15 is 0 Å². The monoisotopic (exact) mass is 450 g/mol. The van der Waals surface area contributed by atoms with E-state index < -0.39 is 5.82 Å². The number of fused-ring (bicyclic) bond motifs is 1. The molecule has 0 unspecified atom stereocenters. The van der Waals surface area contributed by atoms with Crippen LogP contribution in [-0.2, 0) is 26.6 Å². The minimum atomic E-state index is -0.461. The first-order chi connectivity index (χ1) is 16.0. The molecule has 1 aliphatic heterocycles. The Hall–Kier alpha value is -4.08. The van der Waals surface area contributed by atoms with Crippen LogP contribution in [0.15, 0.2) is 52.9 Å². The zero-order valence-corrected chi connectivity index (χ0v) is 17.8. The van der Waals surface area contributed by atoms with Crippen LogP contribution in [0.2, 0.25) is 0 Å². The van der Waals surface area contributed by atoms with Crippen LogP contribution in [0.1, 0.15) is 16.8 Å². The molecule has 33 heavy (non-hydrogen) atoms. The van der Waals surface area contributed by atoms with Crippen molar-refractivity contribution in [3.8, 4) is 23.0 Å². The van der Waals surface area contributed by atoms with E-state index in [1.165, 1.54) is 18.2 Å². The minimum Gasteiger partial charge on any atom is -0.414 e. The number of benzene rings is 2. The van der Waals surface area contributed by atoms with E-state index in [2.05, 4.69) is 20.6 Å². The summed E-state index contributed by atoms with van der Waals surface area (Å²) >= 11 is 0. The molecule has 0 fully saturated rings. The number of carbonyl (C=O) groups is 1. The normalized spacial score (nSPS) is 13.1. The molecule has 5 rings (SSSR count). The molecule has 0 saturated carbocycles. The highest BCUT2D eigenvalue weighted by atomic mass is 19.1. The van der Waals surface area contributed by atoms with Gasteiger partial charge in [-0.2, -0.15) is 5.10 Å². The molecule has 1 aliphatic rings. The van der Waals surface area contributed by atoms with E-state index in [9.17, 15) is 13.6 Å². The van der Waals surface area contributed by atoms with E-state index in [1.54, 1.807) is 39.9 Å². The van der Waals surface area contributed by atoms with Gasteiger partial charge in [0.05, 0.1) is 12.1 Å². The molecular weight excluding hydrogens is 430 g/mol. The third kappa shape index (κ3) is 4.07. The predicted octanol–water partition coefficient (Wildman–Crippen LogP) is 3.68. The number of rotatable bonds is 4. The lowest BCUT2D eigenvalue weighted by Gasteiger charge is -2.27. The fourth-order valence-electron chi connectivity index (χ4n) is 3.94. The van der Waals surface area contributed by atoms with E-state index in [-0.39, 0.29) is 35.7 Å². The Balaban J connectivity index is 1.36. The van der Waals surface area contributed by atoms with Gasteiger partial charge in [-0.3, -0.25) is 4.68 Å². The van der Waals surface area contributed by atoms with E-state index in [1.807, 2.05) is 7.05 Å². The van der Waals surface area contributed by atoms with Gasteiger partial charge < -0.3 is 14.6 Å². The topological polar surface area (TPSA) is 89.1 Å². The SMILES string of the molecule is Cn1nc(-c2nnc(-c3ccccc3F)o2)c2c1CCN(C(=O)NCc1cccc(F)c1)C2. The van der Waals surface area contributed by atoms with Gasteiger partial charge in [0.1, 0.15) is 11.6 Å². The Bertz CT molecular complexity index is 1330. The molecule has 0 saturated heterocycles. The molecule has 2 amide bonds. The molecule has 168 valence electrons. The van der Waals surface area contributed by atoms with Gasteiger partial charge >= 0.3 is 6.03 Å². The summed E-state index contributed by atoms with van der Waals surface area (Å²) < 4.78 is 35.0. The van der Waals surface area contributed by atoms with Crippen LogP contribution in [0.4, 0.5) is 13.6 Å². The van der Waals surface area contributed by atoms with Crippen LogP contribution in [0, 0.1) is 11.6 Å². The molecule has 1 N–H and O–H groups in total. The minimum absolute atomic E-state index is 0.0583. The highest BCUT2D eigenvalue weighted by Gasteiger charge is 2.29. The Morgan fingerprint density at radius 2 is 1.94 bits per heavy atom. The van der Waals surface area contributed by atoms with Gasteiger partial charge in [-0.15, -0.1) is 10.2 Å². The Kier molecular flexibility index (Phi) is 5.33. The summed E-state index contributed by atoms with van der Waals surface area (Å²) in [7, 11) is 1.82. The molecule has 2 aromatic heterocycles. The van der Waals surface area contributed by atoms with Gasteiger partial charge in [0.2, 0.25) is 0 Å². The van der Waals surface area contributed by atoms with Crippen LogP contribution in [0.3, 0.4) is 0 Å². The van der Waals surface area contributed by atoms with Crippen molar-refractivity contribution in [2.45, 2.75) is 19.5 Å². The molecule has 0 aliphatic carbocycles. The average Bonchev–Trinajstić information content (AvgIpc) is 3.42. The van der Waals surface area contributed by atoms with Crippen LogP contribution in [-0.4, -0.2) is 37.5 Å². The fraction of sp³-hybridized carbons (Fsp3) is 0.217. The lowest BCUT2D eigenvalue weighted by atomic mass is 10.1. The van der Waals surface area contributed by atoms with Crippen LogP contribution in [0.25, 0.3) is 23.0 Å². The Labute approximate surface area is 187 Å². The lowest BCUT2D eigenvalue weighted by Crippen LogP contribution is -2.42. The van der Waals surface area contributed by atoms with Gasteiger partial charge in [0.25, 0.3) is 11.8 Å². The highest BCUT2D eigenvalue weighted by Crippen LogP contribution is 2.31. The summed E-state index contributed by atoms with van der Waals surface area (Å²) in [6, 6.07) is 12.0. The Morgan fingerprint density at radius 3 is 2.76 bits per heavy atom. The van der Waals surface area contributed by atoms with Crippen molar-refractivity contribution in [3.05, 3.63) is 77.0 Å². The third-order valence-electron chi connectivity index (χ3n) is 5.59. The number of aryl methyl sites for hydroxylation is 1. The third-order valence-corrected chi connectivity index (χ3v) is 5.59. The van der Waals surface area contributed by atoms with Crippen LogP contribution < -0.4 is 5.32 Å². The number of nitrogens with zero attached hydrogens (tertiary/aromatic N) is 5. The number of carbonyl (C=O) groups excluding carboxylic acids is 1. The van der Waals surface area contributed by atoms with Crippen molar-refractivity contribution in [2.75, 3.05) is 6.54 Å². The number of nitrogens with one attached hydrogen (secondary N) is 1. The van der Waals surface area contributed by atoms with Crippen molar-refractivity contribution >= 4 is 6.03 Å². The number of aromatic nitrogens is 4. The van der Waals surface area contributed by atoms with E-state index in [4.69, 9.17) is 4.42 Å². The zero-order chi connectivity index (χ0) is 22.9. The van der Waals surface area contributed by atoms with Crippen molar-refractivity contribution in [1.82, 2.24) is 30.2 Å². The maximum atomic E-state index is 14.1. The second kappa shape index (κ2) is 8.45. The van der Waals surface area contributed by atoms with Crippen molar-refractivity contribution < 1.29 is 18.0 Å². The van der Waals surface area contributed by atoms with E-state index in [0.717, 1.165) is 11.3 Å². The van der Waals surface area contributed by atoms with Crippen molar-refractivity contribution in [3.63, 3.8) is 0 Å². The summed E-state index contributed by atoms with van der Waals surface area (Å²) in [5.41, 5.74) is 3.11. The number of urea groups is 1. The number of hydrogen-bond donors (Lipinski definition) is 1. The molecule has 8 nitrogen and oxygen atoms in total. The fourth-order valence-corrected chi connectivity index (χ4v) is 3.94. The molecule has 4 aromatic rings. The van der Waals surface area contributed by atoms with Crippen molar-refractivity contribution in [1.29, 1.82) is 0 Å². The van der Waals surface area contributed by atoms with Gasteiger partial charge in [-0.25, -0.2) is 13.6 Å². The highest BCUT2D eigenvalue weighted by molar-refractivity contribution is 5.75. The standard InChI is InChI=1S/C23H20F2N6O2/c1-30-19-9-10-31(23(32)26-12-14-5-4-6-15(24)11-14)13-17(19)20(29-30)22-28-27-21(33-22)16-7-2-3-8-18(16)25/h2-8,11H,9-10,12-13H2,1H3,(H,26,32). The van der Waals surface area contributed by atoms with Crippen LogP contribution in [0.5, 0.6) is 0 Å². The van der Waals surface area contributed by atoms with Crippen LogP contribution >= 0.6 is 0 Å². The molecule has 0 atom stereocenters. The predicted molar refractivity (Wildman–Crippen MR) is 115 cm³/mol. The van der Waals surface area contributed by atoms with Gasteiger partial charge in [-0.1, -0.05) is 24.3 Å². The van der Waals surface area contributed by atoms with Crippen molar-refractivity contribution in [2.24, 2.45) is 7.05 Å². The molecule has 2 aromatic carbocycles. The first-order valence-electron chi connectivity index (χ1n) is 10.4. The quantitative estimate of drug-likeness (QED) is 0.512. The number of halogens is 2. The second-order valence-corrected chi connectivity index (χ2v) is 7.75. The lowest BCUT2D eigenvalue weighted by molar-refractivity contribution is 0.191. The molecule has 10 heteroatoms. The largest absolute Gasteiger partial charge is 0.414 e. The number of amides is 2. The van der Waals surface area contributed by atoms with E-state index in [0.29, 0.717) is 30.8 Å².